The number of hydrogen-bond acceptors (Lipinski definition) is 5. The second-order valence-corrected chi connectivity index (χ2v) is 7.22. The molecule has 106 valence electrons. The van der Waals surface area contributed by atoms with Crippen molar-refractivity contribution in [3.05, 3.63) is 49.4 Å². The minimum Gasteiger partial charge on any atom is -0.321 e. The van der Waals surface area contributed by atoms with Gasteiger partial charge in [-0.1, -0.05) is 11.6 Å². The van der Waals surface area contributed by atoms with Gasteiger partial charge in [0.15, 0.2) is 0 Å². The number of thiophene rings is 1. The Balaban J connectivity index is 1.88. The second kappa shape index (κ2) is 6.08. The van der Waals surface area contributed by atoms with E-state index in [1.807, 2.05) is 6.07 Å². The fourth-order valence-corrected chi connectivity index (χ4v) is 3.15. The topological polar surface area (TPSA) is 72.7 Å². The van der Waals surface area contributed by atoms with E-state index in [4.69, 9.17) is 11.6 Å². The molecule has 0 bridgehead atoms. The number of tetrazole rings is 1. The summed E-state index contributed by atoms with van der Waals surface area (Å²) in [4.78, 5) is 12.2. The highest BCUT2D eigenvalue weighted by Crippen LogP contribution is 2.26. The van der Waals surface area contributed by atoms with Crippen LogP contribution in [0.4, 0.5) is 5.69 Å². The van der Waals surface area contributed by atoms with E-state index in [1.165, 1.54) is 22.3 Å². The molecule has 3 rings (SSSR count). The molecule has 0 saturated carbocycles. The summed E-state index contributed by atoms with van der Waals surface area (Å²) in [5.41, 5.74) is 1.82. The van der Waals surface area contributed by atoms with Crippen LogP contribution in [0.1, 0.15) is 10.4 Å². The van der Waals surface area contributed by atoms with Crippen molar-refractivity contribution >= 4 is 57.1 Å². The highest BCUT2D eigenvalue weighted by molar-refractivity contribution is 14.1. The van der Waals surface area contributed by atoms with E-state index in [0.29, 0.717) is 22.0 Å². The standard InChI is InChI=1S/C12H7ClIN5OS/c13-9-2-1-8(19-6-15-17-18-19)4-10(9)16-12(20)7-3-11(14)21-5-7/h1-6H,(H,16,20). The Morgan fingerprint density at radius 1 is 1.38 bits per heavy atom. The molecule has 1 N–H and O–H groups in total. The lowest BCUT2D eigenvalue weighted by Gasteiger charge is -2.08. The van der Waals surface area contributed by atoms with E-state index < -0.39 is 0 Å². The number of amides is 1. The summed E-state index contributed by atoms with van der Waals surface area (Å²) in [5, 5.41) is 16.0. The Morgan fingerprint density at radius 3 is 2.90 bits per heavy atom. The predicted molar refractivity (Wildman–Crippen MR) is 89.2 cm³/mol. The molecular formula is C12H7ClIN5OS. The van der Waals surface area contributed by atoms with Crippen molar-refractivity contribution in [2.75, 3.05) is 5.32 Å². The number of halogens is 2. The molecular weight excluding hydrogens is 425 g/mol. The Kier molecular flexibility index (Phi) is 4.17. The van der Waals surface area contributed by atoms with Gasteiger partial charge in [0.25, 0.3) is 5.91 Å². The molecule has 3 aromatic rings. The minimum atomic E-state index is -0.204. The van der Waals surface area contributed by atoms with Crippen LogP contribution in [0, 0.1) is 2.88 Å². The van der Waals surface area contributed by atoms with E-state index in [1.54, 1.807) is 23.6 Å². The zero-order chi connectivity index (χ0) is 14.8. The Bertz CT molecular complexity index is 789. The van der Waals surface area contributed by atoms with Crippen LogP contribution in [0.3, 0.4) is 0 Å². The zero-order valence-electron chi connectivity index (χ0n) is 10.3. The Morgan fingerprint density at radius 2 is 2.24 bits per heavy atom. The first-order valence-electron chi connectivity index (χ1n) is 5.72. The normalized spacial score (nSPS) is 10.6. The molecule has 0 fully saturated rings. The fourth-order valence-electron chi connectivity index (χ4n) is 1.65. The van der Waals surface area contributed by atoms with E-state index in [-0.39, 0.29) is 5.91 Å². The summed E-state index contributed by atoms with van der Waals surface area (Å²) in [6.07, 6.45) is 1.47. The van der Waals surface area contributed by atoms with Crippen LogP contribution in [-0.4, -0.2) is 26.1 Å². The summed E-state index contributed by atoms with van der Waals surface area (Å²) in [7, 11) is 0. The van der Waals surface area contributed by atoms with Gasteiger partial charge in [-0.3, -0.25) is 4.79 Å². The largest absolute Gasteiger partial charge is 0.321 e. The van der Waals surface area contributed by atoms with Crippen molar-refractivity contribution in [3.8, 4) is 5.69 Å². The van der Waals surface area contributed by atoms with Gasteiger partial charge in [-0.05, 0) is 57.3 Å². The summed E-state index contributed by atoms with van der Waals surface area (Å²) in [6, 6.07) is 6.99. The first kappa shape index (κ1) is 14.4. The molecule has 2 aromatic heterocycles. The third-order valence-corrected chi connectivity index (χ3v) is 4.76. The minimum absolute atomic E-state index is 0.204. The number of hydrogen-bond donors (Lipinski definition) is 1. The van der Waals surface area contributed by atoms with Crippen molar-refractivity contribution in [1.82, 2.24) is 20.2 Å². The van der Waals surface area contributed by atoms with E-state index in [9.17, 15) is 4.79 Å². The fraction of sp³-hybridized carbons (Fsp3) is 0. The number of benzene rings is 1. The molecule has 0 radical (unpaired) electrons. The number of anilines is 1. The number of carbonyl (C=O) groups excluding carboxylic acids is 1. The summed E-state index contributed by atoms with van der Waals surface area (Å²) >= 11 is 9.80. The molecule has 6 nitrogen and oxygen atoms in total. The summed E-state index contributed by atoms with van der Waals surface area (Å²) < 4.78 is 2.53. The average Bonchev–Trinajstić information content (AvgIpc) is 3.12. The molecule has 0 unspecified atom stereocenters. The van der Waals surface area contributed by atoms with E-state index in [0.717, 1.165) is 2.88 Å². The third-order valence-electron chi connectivity index (χ3n) is 2.64. The lowest BCUT2D eigenvalue weighted by atomic mass is 10.2. The van der Waals surface area contributed by atoms with Crippen molar-refractivity contribution in [3.63, 3.8) is 0 Å². The summed E-state index contributed by atoms with van der Waals surface area (Å²) in [6.45, 7) is 0. The van der Waals surface area contributed by atoms with Gasteiger partial charge in [-0.2, -0.15) is 0 Å². The highest BCUT2D eigenvalue weighted by atomic mass is 127. The maximum absolute atomic E-state index is 12.2. The van der Waals surface area contributed by atoms with Crippen molar-refractivity contribution in [2.45, 2.75) is 0 Å². The van der Waals surface area contributed by atoms with Crippen molar-refractivity contribution in [2.24, 2.45) is 0 Å². The molecule has 9 heteroatoms. The second-order valence-electron chi connectivity index (χ2n) is 4.01. The lowest BCUT2D eigenvalue weighted by Crippen LogP contribution is -2.11. The SMILES string of the molecule is O=C(Nc1cc(-n2cnnn2)ccc1Cl)c1csc(I)c1. The van der Waals surface area contributed by atoms with Gasteiger partial charge in [-0.15, -0.1) is 16.4 Å². The lowest BCUT2D eigenvalue weighted by molar-refractivity contribution is 0.102. The molecule has 1 aromatic carbocycles. The molecule has 1 amide bonds. The molecule has 0 aliphatic heterocycles. The van der Waals surface area contributed by atoms with Crippen molar-refractivity contribution < 1.29 is 4.79 Å². The van der Waals surface area contributed by atoms with Crippen LogP contribution >= 0.6 is 45.5 Å². The van der Waals surface area contributed by atoms with Crippen LogP contribution in [0.2, 0.25) is 5.02 Å². The molecule has 0 aliphatic carbocycles. The van der Waals surface area contributed by atoms with Crippen LogP contribution < -0.4 is 5.32 Å². The number of nitrogens with one attached hydrogen (secondary N) is 1. The molecule has 21 heavy (non-hydrogen) atoms. The van der Waals surface area contributed by atoms with Crippen LogP contribution in [-0.2, 0) is 0 Å². The maximum Gasteiger partial charge on any atom is 0.256 e. The first-order valence-corrected chi connectivity index (χ1v) is 8.05. The Labute approximate surface area is 142 Å². The molecule has 0 aliphatic rings. The van der Waals surface area contributed by atoms with E-state index >= 15 is 0 Å². The van der Waals surface area contributed by atoms with Gasteiger partial charge in [0.05, 0.1) is 24.8 Å². The number of rotatable bonds is 3. The monoisotopic (exact) mass is 431 g/mol. The number of carbonyl (C=O) groups is 1. The maximum atomic E-state index is 12.2. The molecule has 0 atom stereocenters. The quantitative estimate of drug-likeness (QED) is 0.646. The van der Waals surface area contributed by atoms with Gasteiger partial charge >= 0.3 is 0 Å². The first-order chi connectivity index (χ1) is 10.1. The predicted octanol–water partition coefficient (Wildman–Crippen LogP) is 3.23. The summed E-state index contributed by atoms with van der Waals surface area (Å²) in [5.74, 6) is -0.204. The van der Waals surface area contributed by atoms with Crippen LogP contribution in [0.25, 0.3) is 5.69 Å². The van der Waals surface area contributed by atoms with Gasteiger partial charge in [-0.25, -0.2) is 4.68 Å². The Hall–Kier alpha value is -1.52. The van der Waals surface area contributed by atoms with Crippen LogP contribution in [0.5, 0.6) is 0 Å². The van der Waals surface area contributed by atoms with Gasteiger partial charge in [0.1, 0.15) is 6.33 Å². The van der Waals surface area contributed by atoms with Crippen molar-refractivity contribution in [1.29, 1.82) is 0 Å². The smallest absolute Gasteiger partial charge is 0.256 e. The number of nitrogens with zero attached hydrogens (tertiary/aromatic N) is 4. The number of aromatic nitrogens is 4. The van der Waals surface area contributed by atoms with Crippen LogP contribution in [0.15, 0.2) is 36.0 Å². The highest BCUT2D eigenvalue weighted by Gasteiger charge is 2.11. The zero-order valence-corrected chi connectivity index (χ0v) is 14.1. The van der Waals surface area contributed by atoms with Gasteiger partial charge in [0, 0.05) is 5.38 Å². The van der Waals surface area contributed by atoms with Gasteiger partial charge in [0.2, 0.25) is 0 Å². The average molecular weight is 432 g/mol. The molecule has 0 spiro atoms. The third kappa shape index (κ3) is 3.22. The van der Waals surface area contributed by atoms with Gasteiger partial charge < -0.3 is 5.32 Å². The molecule has 2 heterocycles. The molecule has 0 saturated heterocycles. The van der Waals surface area contributed by atoms with E-state index in [2.05, 4.69) is 43.4 Å².